The topological polar surface area (TPSA) is 0 Å². The van der Waals surface area contributed by atoms with Gasteiger partial charge in [-0.05, 0) is 40.7 Å². The third kappa shape index (κ3) is 1.96. The van der Waals surface area contributed by atoms with Crippen LogP contribution in [0.4, 0.5) is 0 Å². The Hall–Kier alpha value is -0.340. The minimum atomic E-state index is 0.448. The second-order valence-corrected chi connectivity index (χ2v) is 7.24. The lowest BCUT2D eigenvalue weighted by molar-refractivity contribution is 0.333. The fourth-order valence-corrected chi connectivity index (χ4v) is 5.00. The van der Waals surface area contributed by atoms with E-state index in [1.54, 1.807) is 0 Å². The Bertz CT molecular complexity index is 522. The second kappa shape index (κ2) is 4.40. The highest BCUT2D eigenvalue weighted by Gasteiger charge is 2.37. The minimum absolute atomic E-state index is 0.448. The van der Waals surface area contributed by atoms with Crippen molar-refractivity contribution < 1.29 is 0 Å². The van der Waals surface area contributed by atoms with Gasteiger partial charge in [0.1, 0.15) is 0 Å². The molecule has 1 aliphatic rings. The number of hydrogen-bond donors (Lipinski definition) is 0. The van der Waals surface area contributed by atoms with Crippen molar-refractivity contribution in [2.24, 2.45) is 5.41 Å². The van der Waals surface area contributed by atoms with Crippen LogP contribution in [0.15, 0.2) is 29.6 Å². The summed E-state index contributed by atoms with van der Waals surface area (Å²) in [5, 5.41) is 3.78. The SMILES string of the molecule is CC1(C(Br)c2csc3ccccc23)CCCC1. The van der Waals surface area contributed by atoms with E-state index in [9.17, 15) is 0 Å². The van der Waals surface area contributed by atoms with Gasteiger partial charge in [0.25, 0.3) is 0 Å². The lowest BCUT2D eigenvalue weighted by Gasteiger charge is -2.29. The molecule has 1 fully saturated rings. The van der Waals surface area contributed by atoms with E-state index in [-0.39, 0.29) is 0 Å². The summed E-state index contributed by atoms with van der Waals surface area (Å²) in [6, 6.07) is 8.76. The standard InChI is InChI=1S/C15H17BrS/c1-15(8-4-5-9-15)14(16)12-10-17-13-7-3-2-6-11(12)13/h2-3,6-7,10,14H,4-5,8-9H2,1H3. The fourth-order valence-electron chi connectivity index (χ4n) is 3.01. The smallest absolute Gasteiger partial charge is 0.0463 e. The van der Waals surface area contributed by atoms with Crippen LogP contribution in [-0.4, -0.2) is 0 Å². The number of halogens is 1. The molecule has 17 heavy (non-hydrogen) atoms. The van der Waals surface area contributed by atoms with Crippen LogP contribution in [0, 0.1) is 5.41 Å². The Kier molecular flexibility index (Phi) is 3.04. The highest BCUT2D eigenvalue weighted by Crippen LogP contribution is 2.53. The van der Waals surface area contributed by atoms with Gasteiger partial charge in [0.05, 0.1) is 0 Å². The molecule has 1 unspecified atom stereocenters. The summed E-state index contributed by atoms with van der Waals surface area (Å²) in [4.78, 5) is 0.508. The Morgan fingerprint density at radius 2 is 1.94 bits per heavy atom. The molecule has 90 valence electrons. The average molecular weight is 309 g/mol. The van der Waals surface area contributed by atoms with Crippen molar-refractivity contribution in [3.63, 3.8) is 0 Å². The number of hydrogen-bond acceptors (Lipinski definition) is 1. The number of rotatable bonds is 2. The predicted octanol–water partition coefficient (Wildman–Crippen LogP) is 5.92. The maximum atomic E-state index is 3.98. The zero-order valence-electron chi connectivity index (χ0n) is 10.1. The molecule has 0 nitrogen and oxygen atoms in total. The van der Waals surface area contributed by atoms with E-state index in [0.29, 0.717) is 10.2 Å². The Labute approximate surface area is 115 Å². The zero-order valence-corrected chi connectivity index (χ0v) is 12.5. The summed E-state index contributed by atoms with van der Waals surface area (Å²) in [6.45, 7) is 2.44. The average Bonchev–Trinajstić information content (AvgIpc) is 2.95. The lowest BCUT2D eigenvalue weighted by atomic mass is 9.82. The number of thiophene rings is 1. The molecule has 0 bridgehead atoms. The van der Waals surface area contributed by atoms with Gasteiger partial charge in [0, 0.05) is 9.53 Å². The molecule has 1 atom stereocenters. The van der Waals surface area contributed by atoms with Gasteiger partial charge in [-0.1, -0.05) is 53.9 Å². The Morgan fingerprint density at radius 1 is 1.24 bits per heavy atom. The monoisotopic (exact) mass is 308 g/mol. The van der Waals surface area contributed by atoms with Crippen LogP contribution < -0.4 is 0 Å². The summed E-state index contributed by atoms with van der Waals surface area (Å²) in [6.07, 6.45) is 5.49. The third-order valence-electron chi connectivity index (χ3n) is 4.14. The molecule has 2 aromatic rings. The van der Waals surface area contributed by atoms with Crippen LogP contribution in [0.3, 0.4) is 0 Å². The largest absolute Gasteiger partial charge is 0.143 e. The van der Waals surface area contributed by atoms with Gasteiger partial charge >= 0.3 is 0 Å². The van der Waals surface area contributed by atoms with Crippen LogP contribution in [-0.2, 0) is 0 Å². The van der Waals surface area contributed by atoms with Gasteiger partial charge in [-0.2, -0.15) is 0 Å². The molecule has 1 heterocycles. The highest BCUT2D eigenvalue weighted by molar-refractivity contribution is 9.09. The van der Waals surface area contributed by atoms with Crippen molar-refractivity contribution >= 4 is 37.4 Å². The summed E-state index contributed by atoms with van der Waals surface area (Å²) in [5.41, 5.74) is 1.94. The van der Waals surface area contributed by atoms with Gasteiger partial charge in [-0.3, -0.25) is 0 Å². The first-order valence-electron chi connectivity index (χ1n) is 6.31. The quantitative estimate of drug-likeness (QED) is 0.604. The van der Waals surface area contributed by atoms with Crippen molar-refractivity contribution in [2.45, 2.75) is 37.4 Å². The van der Waals surface area contributed by atoms with E-state index in [4.69, 9.17) is 0 Å². The van der Waals surface area contributed by atoms with Gasteiger partial charge in [-0.15, -0.1) is 11.3 Å². The molecule has 0 N–H and O–H groups in total. The zero-order chi connectivity index (χ0) is 11.9. The van der Waals surface area contributed by atoms with Crippen molar-refractivity contribution in [1.82, 2.24) is 0 Å². The van der Waals surface area contributed by atoms with Crippen LogP contribution in [0.2, 0.25) is 0 Å². The van der Waals surface area contributed by atoms with Gasteiger partial charge in [0.15, 0.2) is 0 Å². The highest BCUT2D eigenvalue weighted by atomic mass is 79.9. The van der Waals surface area contributed by atoms with Gasteiger partial charge in [-0.25, -0.2) is 0 Å². The van der Waals surface area contributed by atoms with Gasteiger partial charge in [0.2, 0.25) is 0 Å². The van der Waals surface area contributed by atoms with Crippen LogP contribution >= 0.6 is 27.3 Å². The van der Waals surface area contributed by atoms with Crippen LogP contribution in [0.25, 0.3) is 10.1 Å². The molecule has 0 saturated heterocycles. The molecule has 1 aromatic heterocycles. The van der Waals surface area contributed by atoms with E-state index in [1.807, 2.05) is 11.3 Å². The van der Waals surface area contributed by atoms with E-state index >= 15 is 0 Å². The van der Waals surface area contributed by atoms with E-state index in [0.717, 1.165) is 0 Å². The fraction of sp³-hybridized carbons (Fsp3) is 0.467. The molecule has 0 aliphatic heterocycles. The first-order valence-corrected chi connectivity index (χ1v) is 8.10. The maximum absolute atomic E-state index is 3.98. The molecule has 2 heteroatoms. The molecule has 1 aromatic carbocycles. The van der Waals surface area contributed by atoms with E-state index < -0.39 is 0 Å². The van der Waals surface area contributed by atoms with Crippen LogP contribution in [0.1, 0.15) is 43.0 Å². The molecular weight excluding hydrogens is 292 g/mol. The number of fused-ring (bicyclic) bond motifs is 1. The minimum Gasteiger partial charge on any atom is -0.143 e. The summed E-state index contributed by atoms with van der Waals surface area (Å²) in [7, 11) is 0. The summed E-state index contributed by atoms with van der Waals surface area (Å²) >= 11 is 5.85. The van der Waals surface area contributed by atoms with Crippen molar-refractivity contribution in [3.05, 3.63) is 35.2 Å². The normalized spacial score (nSPS) is 20.8. The molecule has 1 saturated carbocycles. The van der Waals surface area contributed by atoms with Crippen molar-refractivity contribution in [1.29, 1.82) is 0 Å². The van der Waals surface area contributed by atoms with Gasteiger partial charge < -0.3 is 0 Å². The second-order valence-electron chi connectivity index (χ2n) is 5.41. The number of alkyl halides is 1. The van der Waals surface area contributed by atoms with E-state index in [1.165, 1.54) is 41.3 Å². The first-order chi connectivity index (χ1) is 8.21. The summed E-state index contributed by atoms with van der Waals surface area (Å²) < 4.78 is 1.41. The van der Waals surface area contributed by atoms with Crippen molar-refractivity contribution in [2.75, 3.05) is 0 Å². The summed E-state index contributed by atoms with van der Waals surface area (Å²) in [5.74, 6) is 0. The predicted molar refractivity (Wildman–Crippen MR) is 80.1 cm³/mol. The van der Waals surface area contributed by atoms with Crippen molar-refractivity contribution in [3.8, 4) is 0 Å². The van der Waals surface area contributed by atoms with E-state index in [2.05, 4.69) is 52.5 Å². The Balaban J connectivity index is 2.03. The molecule has 0 amide bonds. The lowest BCUT2D eigenvalue weighted by Crippen LogP contribution is -2.17. The Morgan fingerprint density at radius 3 is 2.71 bits per heavy atom. The number of benzene rings is 1. The first kappa shape index (κ1) is 11.7. The van der Waals surface area contributed by atoms with Crippen LogP contribution in [0.5, 0.6) is 0 Å². The molecule has 1 aliphatic carbocycles. The maximum Gasteiger partial charge on any atom is 0.0463 e. The molecule has 0 radical (unpaired) electrons. The molecule has 0 spiro atoms. The third-order valence-corrected chi connectivity index (χ3v) is 6.72. The molecular formula is C15H17BrS. The molecule has 3 rings (SSSR count).